The summed E-state index contributed by atoms with van der Waals surface area (Å²) >= 11 is 0. The summed E-state index contributed by atoms with van der Waals surface area (Å²) in [6, 6.07) is 6.70. The van der Waals surface area contributed by atoms with Gasteiger partial charge in [0, 0.05) is 26.8 Å². The number of anilines is 1. The van der Waals surface area contributed by atoms with Gasteiger partial charge in [0.25, 0.3) is 11.8 Å². The van der Waals surface area contributed by atoms with Crippen molar-refractivity contribution in [2.45, 2.75) is 6.10 Å². The molecule has 2 aromatic rings. The van der Waals surface area contributed by atoms with E-state index in [0.29, 0.717) is 17.7 Å². The van der Waals surface area contributed by atoms with Crippen molar-refractivity contribution in [3.63, 3.8) is 0 Å². The van der Waals surface area contributed by atoms with E-state index in [2.05, 4.69) is 5.10 Å². The number of rotatable bonds is 5. The van der Waals surface area contributed by atoms with Crippen LogP contribution in [0.15, 0.2) is 36.7 Å². The molecule has 1 aliphatic heterocycles. The molecule has 0 fully saturated rings. The lowest BCUT2D eigenvalue weighted by Crippen LogP contribution is -2.41. The van der Waals surface area contributed by atoms with E-state index in [1.54, 1.807) is 35.1 Å². The molecule has 0 saturated carbocycles. The molecule has 3 rings (SSSR count). The van der Waals surface area contributed by atoms with Crippen molar-refractivity contribution < 1.29 is 14.7 Å². The van der Waals surface area contributed by atoms with Gasteiger partial charge in [0.1, 0.15) is 0 Å². The summed E-state index contributed by atoms with van der Waals surface area (Å²) in [4.78, 5) is 27.5. The molecule has 1 atom stereocenters. The molecule has 2 amide bonds. The van der Waals surface area contributed by atoms with Crippen molar-refractivity contribution in [1.29, 1.82) is 0 Å². The summed E-state index contributed by atoms with van der Waals surface area (Å²) in [7, 11) is 3.63. The molecule has 7 nitrogen and oxygen atoms in total. The fourth-order valence-corrected chi connectivity index (χ4v) is 2.70. The number of aromatic nitrogens is 2. The number of nitrogens with zero attached hydrogens (tertiary/aromatic N) is 4. The van der Waals surface area contributed by atoms with Crippen LogP contribution >= 0.6 is 0 Å². The Hall–Kier alpha value is -2.67. The molecule has 0 saturated heterocycles. The van der Waals surface area contributed by atoms with Crippen LogP contribution in [0.2, 0.25) is 0 Å². The largest absolute Gasteiger partial charge is 0.389 e. The standard InChI is InChI=1S/C16H18N4O3/c1-18(11-7-17-19(2)8-11)9-12(21)10-20-15(22)13-5-3-4-6-14(13)16(20)23/h3-8,12,21H,9-10H2,1-2H3. The van der Waals surface area contributed by atoms with Crippen LogP contribution in [-0.4, -0.2) is 57.8 Å². The van der Waals surface area contributed by atoms with Gasteiger partial charge in [0.05, 0.1) is 35.7 Å². The van der Waals surface area contributed by atoms with Crippen molar-refractivity contribution >= 4 is 17.5 Å². The molecule has 120 valence electrons. The van der Waals surface area contributed by atoms with Crippen molar-refractivity contribution in [3.8, 4) is 0 Å². The lowest BCUT2D eigenvalue weighted by molar-refractivity contribution is 0.0552. The highest BCUT2D eigenvalue weighted by atomic mass is 16.3. The molecule has 1 aromatic carbocycles. The molecular formula is C16H18N4O3. The van der Waals surface area contributed by atoms with Crippen LogP contribution in [0, 0.1) is 0 Å². The highest BCUT2D eigenvalue weighted by molar-refractivity contribution is 6.21. The zero-order valence-corrected chi connectivity index (χ0v) is 13.0. The number of hydrogen-bond donors (Lipinski definition) is 1. The average Bonchev–Trinajstić information content (AvgIpc) is 3.06. The molecule has 2 heterocycles. The molecule has 0 aliphatic carbocycles. The van der Waals surface area contributed by atoms with Gasteiger partial charge in [-0.3, -0.25) is 19.2 Å². The smallest absolute Gasteiger partial charge is 0.261 e. The van der Waals surface area contributed by atoms with Gasteiger partial charge in [-0.15, -0.1) is 0 Å². The fraction of sp³-hybridized carbons (Fsp3) is 0.312. The summed E-state index contributed by atoms with van der Waals surface area (Å²) in [6.45, 7) is 0.260. The molecule has 1 aromatic heterocycles. The van der Waals surface area contributed by atoms with Gasteiger partial charge >= 0.3 is 0 Å². The van der Waals surface area contributed by atoms with Crippen LogP contribution in [0.5, 0.6) is 0 Å². The van der Waals surface area contributed by atoms with E-state index >= 15 is 0 Å². The quantitative estimate of drug-likeness (QED) is 0.814. The zero-order valence-electron chi connectivity index (χ0n) is 13.0. The molecule has 0 bridgehead atoms. The highest BCUT2D eigenvalue weighted by Gasteiger charge is 2.36. The van der Waals surface area contributed by atoms with E-state index in [-0.39, 0.29) is 18.4 Å². The van der Waals surface area contributed by atoms with Crippen molar-refractivity contribution in [2.75, 3.05) is 25.0 Å². The number of hydrogen-bond acceptors (Lipinski definition) is 5. The first kappa shape index (κ1) is 15.2. The first-order chi connectivity index (χ1) is 11.0. The lowest BCUT2D eigenvalue weighted by atomic mass is 10.1. The Morgan fingerprint density at radius 1 is 1.22 bits per heavy atom. The van der Waals surface area contributed by atoms with Crippen molar-refractivity contribution in [3.05, 3.63) is 47.8 Å². The topological polar surface area (TPSA) is 78.7 Å². The van der Waals surface area contributed by atoms with Gasteiger partial charge in [0.15, 0.2) is 0 Å². The van der Waals surface area contributed by atoms with Crippen LogP contribution in [0.25, 0.3) is 0 Å². The number of aliphatic hydroxyl groups is 1. The van der Waals surface area contributed by atoms with Gasteiger partial charge in [-0.1, -0.05) is 12.1 Å². The minimum atomic E-state index is -0.845. The van der Waals surface area contributed by atoms with Crippen LogP contribution < -0.4 is 4.90 Å². The number of amides is 2. The van der Waals surface area contributed by atoms with E-state index in [4.69, 9.17) is 0 Å². The van der Waals surface area contributed by atoms with E-state index in [1.807, 2.05) is 25.2 Å². The average molecular weight is 314 g/mol. The van der Waals surface area contributed by atoms with Crippen LogP contribution in [0.1, 0.15) is 20.7 Å². The number of carbonyl (C=O) groups excluding carboxylic acids is 2. The maximum atomic E-state index is 12.3. The van der Waals surface area contributed by atoms with E-state index in [0.717, 1.165) is 10.6 Å². The van der Waals surface area contributed by atoms with Gasteiger partial charge in [-0.2, -0.15) is 5.10 Å². The Labute approximate surface area is 133 Å². The number of likely N-dealkylation sites (N-methyl/N-ethyl adjacent to an activating group) is 1. The Morgan fingerprint density at radius 2 is 1.83 bits per heavy atom. The predicted octanol–water partition coefficient (Wildman–Crippen LogP) is 0.513. The number of benzene rings is 1. The molecule has 0 radical (unpaired) electrons. The second kappa shape index (κ2) is 5.85. The number of aryl methyl sites for hydroxylation is 1. The first-order valence-corrected chi connectivity index (χ1v) is 7.30. The van der Waals surface area contributed by atoms with Crippen LogP contribution in [-0.2, 0) is 7.05 Å². The second-order valence-electron chi connectivity index (χ2n) is 5.67. The fourth-order valence-electron chi connectivity index (χ4n) is 2.70. The summed E-state index contributed by atoms with van der Waals surface area (Å²) in [5.41, 5.74) is 1.64. The third-order valence-electron chi connectivity index (χ3n) is 3.89. The second-order valence-corrected chi connectivity index (χ2v) is 5.67. The van der Waals surface area contributed by atoms with Gasteiger partial charge in [-0.25, -0.2) is 0 Å². The molecule has 7 heteroatoms. The highest BCUT2D eigenvalue weighted by Crippen LogP contribution is 2.22. The molecular weight excluding hydrogens is 296 g/mol. The zero-order chi connectivity index (χ0) is 16.6. The number of carbonyl (C=O) groups is 2. The summed E-state index contributed by atoms with van der Waals surface area (Å²) in [5.74, 6) is -0.706. The van der Waals surface area contributed by atoms with Crippen LogP contribution in [0.4, 0.5) is 5.69 Å². The van der Waals surface area contributed by atoms with Crippen LogP contribution in [0.3, 0.4) is 0 Å². The monoisotopic (exact) mass is 314 g/mol. The van der Waals surface area contributed by atoms with Crippen molar-refractivity contribution in [1.82, 2.24) is 14.7 Å². The summed E-state index contributed by atoms with van der Waals surface area (Å²) in [5, 5.41) is 14.3. The van der Waals surface area contributed by atoms with Gasteiger partial charge in [-0.05, 0) is 12.1 Å². The minimum absolute atomic E-state index is 0.0308. The Morgan fingerprint density at radius 3 is 2.35 bits per heavy atom. The Balaban J connectivity index is 1.66. The van der Waals surface area contributed by atoms with E-state index in [9.17, 15) is 14.7 Å². The number of β-amino-alcohol motifs (C(OH)–C–C–N with tert-alkyl or cyclic N) is 1. The summed E-state index contributed by atoms with van der Waals surface area (Å²) in [6.07, 6.45) is 2.67. The minimum Gasteiger partial charge on any atom is -0.389 e. The molecule has 23 heavy (non-hydrogen) atoms. The Kier molecular flexibility index (Phi) is 3.87. The number of imide groups is 1. The maximum Gasteiger partial charge on any atom is 0.261 e. The SMILES string of the molecule is CN(CC(O)CN1C(=O)c2ccccc2C1=O)c1cnn(C)c1. The molecule has 1 aliphatic rings. The third-order valence-corrected chi connectivity index (χ3v) is 3.89. The van der Waals surface area contributed by atoms with E-state index < -0.39 is 6.10 Å². The predicted molar refractivity (Wildman–Crippen MR) is 84.3 cm³/mol. The normalized spacial score (nSPS) is 15.0. The number of fused-ring (bicyclic) bond motifs is 1. The summed E-state index contributed by atoms with van der Waals surface area (Å²) < 4.78 is 1.67. The molecule has 0 spiro atoms. The first-order valence-electron chi connectivity index (χ1n) is 7.30. The third kappa shape index (κ3) is 2.83. The molecule has 1 unspecified atom stereocenters. The number of aliphatic hydroxyl groups excluding tert-OH is 1. The maximum absolute atomic E-state index is 12.3. The lowest BCUT2D eigenvalue weighted by Gasteiger charge is -2.24. The van der Waals surface area contributed by atoms with Gasteiger partial charge < -0.3 is 10.0 Å². The van der Waals surface area contributed by atoms with Gasteiger partial charge in [0.2, 0.25) is 0 Å². The molecule has 1 N–H and O–H groups in total. The van der Waals surface area contributed by atoms with Crippen molar-refractivity contribution in [2.24, 2.45) is 7.05 Å². The Bertz CT molecular complexity index is 720. The van der Waals surface area contributed by atoms with E-state index in [1.165, 1.54) is 0 Å².